The topological polar surface area (TPSA) is 84.5 Å². The number of esters is 1. The third-order valence-electron chi connectivity index (χ3n) is 4.93. The second-order valence-corrected chi connectivity index (χ2v) is 7.66. The summed E-state index contributed by atoms with van der Waals surface area (Å²) in [4.78, 5) is 36.7. The summed E-state index contributed by atoms with van der Waals surface area (Å²) in [5.74, 6) is -1.45. The average molecular weight is 445 g/mol. The fourth-order valence-corrected chi connectivity index (χ4v) is 3.72. The molecule has 2 amide bonds. The lowest BCUT2D eigenvalue weighted by molar-refractivity contribution is -0.154. The molecule has 0 unspecified atom stereocenters. The standard InChI is InChI=1S/C21H21BrN2O4/c22-17-10-8-15(9-11-17)19(26)24-23-18(25)14-28-20(27)21(12-4-5-13-21)16-6-2-1-3-7-16/h1-3,6-11H,4-5,12-14H2,(H,23,25)(H,24,26). The number of hydrogen-bond acceptors (Lipinski definition) is 4. The number of hydrogen-bond donors (Lipinski definition) is 2. The van der Waals surface area contributed by atoms with E-state index in [-0.39, 0.29) is 0 Å². The van der Waals surface area contributed by atoms with Gasteiger partial charge in [-0.2, -0.15) is 0 Å². The molecule has 0 aliphatic heterocycles. The maximum atomic E-state index is 12.8. The number of amides is 2. The van der Waals surface area contributed by atoms with E-state index < -0.39 is 29.8 Å². The van der Waals surface area contributed by atoms with Crippen LogP contribution in [-0.4, -0.2) is 24.4 Å². The lowest BCUT2D eigenvalue weighted by atomic mass is 9.79. The van der Waals surface area contributed by atoms with Crippen LogP contribution in [0.5, 0.6) is 0 Å². The van der Waals surface area contributed by atoms with Gasteiger partial charge in [0.05, 0.1) is 5.41 Å². The molecule has 6 nitrogen and oxygen atoms in total. The SMILES string of the molecule is O=C(COC(=O)C1(c2ccccc2)CCCC1)NNC(=O)c1ccc(Br)cc1. The van der Waals surface area contributed by atoms with Crippen molar-refractivity contribution in [3.63, 3.8) is 0 Å². The van der Waals surface area contributed by atoms with Gasteiger partial charge in [-0.3, -0.25) is 25.2 Å². The summed E-state index contributed by atoms with van der Waals surface area (Å²) in [5.41, 5.74) is 5.20. The van der Waals surface area contributed by atoms with Crippen molar-refractivity contribution in [3.8, 4) is 0 Å². The first-order chi connectivity index (χ1) is 13.5. The summed E-state index contributed by atoms with van der Waals surface area (Å²) in [5, 5.41) is 0. The maximum absolute atomic E-state index is 12.8. The number of hydrazine groups is 1. The molecule has 2 aromatic rings. The fraction of sp³-hybridized carbons (Fsp3) is 0.286. The highest BCUT2D eigenvalue weighted by atomic mass is 79.9. The molecule has 7 heteroatoms. The minimum atomic E-state index is -0.692. The Kier molecular flexibility index (Phi) is 6.46. The summed E-state index contributed by atoms with van der Waals surface area (Å²) in [7, 11) is 0. The normalized spacial score (nSPS) is 14.9. The lowest BCUT2D eigenvalue weighted by Gasteiger charge is -2.27. The molecule has 0 heterocycles. The number of carbonyl (C=O) groups is 3. The van der Waals surface area contributed by atoms with Gasteiger partial charge in [0, 0.05) is 10.0 Å². The van der Waals surface area contributed by atoms with Crippen LogP contribution in [0.4, 0.5) is 0 Å². The van der Waals surface area contributed by atoms with E-state index in [1.165, 1.54) is 0 Å². The Balaban J connectivity index is 1.53. The zero-order chi connectivity index (χ0) is 20.0. The Hall–Kier alpha value is -2.67. The smallest absolute Gasteiger partial charge is 0.317 e. The van der Waals surface area contributed by atoms with Gasteiger partial charge in [-0.15, -0.1) is 0 Å². The van der Waals surface area contributed by atoms with Crippen LogP contribution in [0.3, 0.4) is 0 Å². The predicted molar refractivity (Wildman–Crippen MR) is 107 cm³/mol. The summed E-state index contributed by atoms with van der Waals surface area (Å²) in [6.45, 7) is -0.450. The van der Waals surface area contributed by atoms with Crippen LogP contribution in [0.25, 0.3) is 0 Å². The van der Waals surface area contributed by atoms with Gasteiger partial charge in [0.2, 0.25) is 0 Å². The molecular weight excluding hydrogens is 424 g/mol. The van der Waals surface area contributed by atoms with E-state index >= 15 is 0 Å². The molecule has 146 valence electrons. The van der Waals surface area contributed by atoms with Crippen molar-refractivity contribution < 1.29 is 19.1 Å². The number of halogens is 1. The van der Waals surface area contributed by atoms with Gasteiger partial charge in [-0.25, -0.2) is 0 Å². The molecule has 0 spiro atoms. The minimum Gasteiger partial charge on any atom is -0.455 e. The molecule has 1 aliphatic carbocycles. The number of nitrogens with one attached hydrogen (secondary N) is 2. The van der Waals surface area contributed by atoms with Crippen LogP contribution in [0.2, 0.25) is 0 Å². The molecule has 1 aliphatic rings. The second kappa shape index (κ2) is 9.01. The predicted octanol–water partition coefficient (Wildman–Crippen LogP) is 3.27. The molecule has 0 radical (unpaired) electrons. The fourth-order valence-electron chi connectivity index (χ4n) is 3.45. The average Bonchev–Trinajstić information content (AvgIpc) is 3.22. The van der Waals surface area contributed by atoms with Crippen molar-refractivity contribution in [2.45, 2.75) is 31.1 Å². The summed E-state index contributed by atoms with van der Waals surface area (Å²) in [6.07, 6.45) is 3.30. The quantitative estimate of drug-likeness (QED) is 0.547. The minimum absolute atomic E-state index is 0.398. The first-order valence-electron chi connectivity index (χ1n) is 9.09. The van der Waals surface area contributed by atoms with Crippen molar-refractivity contribution >= 4 is 33.7 Å². The molecule has 2 aromatic carbocycles. The largest absolute Gasteiger partial charge is 0.455 e. The number of ether oxygens (including phenoxy) is 1. The van der Waals surface area contributed by atoms with Crippen molar-refractivity contribution in [2.24, 2.45) is 0 Å². The van der Waals surface area contributed by atoms with Crippen LogP contribution in [0.1, 0.15) is 41.6 Å². The maximum Gasteiger partial charge on any atom is 0.317 e. The van der Waals surface area contributed by atoms with E-state index in [1.54, 1.807) is 24.3 Å². The van der Waals surface area contributed by atoms with Crippen LogP contribution in [0, 0.1) is 0 Å². The molecule has 0 atom stereocenters. The molecule has 1 saturated carbocycles. The third-order valence-corrected chi connectivity index (χ3v) is 5.46. The molecule has 0 aromatic heterocycles. The van der Waals surface area contributed by atoms with Crippen molar-refractivity contribution in [2.75, 3.05) is 6.61 Å². The number of benzene rings is 2. The van der Waals surface area contributed by atoms with E-state index in [0.717, 1.165) is 22.9 Å². The molecule has 0 bridgehead atoms. The van der Waals surface area contributed by atoms with Crippen molar-refractivity contribution in [1.82, 2.24) is 10.9 Å². The highest BCUT2D eigenvalue weighted by Gasteiger charge is 2.44. The molecule has 3 rings (SSSR count). The number of carbonyl (C=O) groups excluding carboxylic acids is 3. The lowest BCUT2D eigenvalue weighted by Crippen LogP contribution is -2.44. The van der Waals surface area contributed by atoms with E-state index in [1.807, 2.05) is 30.3 Å². The monoisotopic (exact) mass is 444 g/mol. The van der Waals surface area contributed by atoms with Gasteiger partial charge in [0.1, 0.15) is 0 Å². The third kappa shape index (κ3) is 4.59. The van der Waals surface area contributed by atoms with E-state index in [4.69, 9.17) is 4.74 Å². The van der Waals surface area contributed by atoms with Gasteiger partial charge in [0.15, 0.2) is 6.61 Å². The summed E-state index contributed by atoms with van der Waals surface area (Å²) >= 11 is 3.29. The zero-order valence-corrected chi connectivity index (χ0v) is 16.8. The van der Waals surface area contributed by atoms with Gasteiger partial charge < -0.3 is 4.74 Å². The van der Waals surface area contributed by atoms with Gasteiger partial charge in [0.25, 0.3) is 11.8 Å². The zero-order valence-electron chi connectivity index (χ0n) is 15.2. The second-order valence-electron chi connectivity index (χ2n) is 6.74. The Bertz CT molecular complexity index is 846. The van der Waals surface area contributed by atoms with Crippen LogP contribution in [0.15, 0.2) is 59.1 Å². The summed E-state index contributed by atoms with van der Waals surface area (Å²) < 4.78 is 6.14. The molecule has 2 N–H and O–H groups in total. The summed E-state index contributed by atoms with van der Waals surface area (Å²) in [6, 6.07) is 16.2. The van der Waals surface area contributed by atoms with Gasteiger partial charge in [-0.1, -0.05) is 59.1 Å². The van der Waals surface area contributed by atoms with Crippen LogP contribution in [-0.2, 0) is 19.7 Å². The van der Waals surface area contributed by atoms with Gasteiger partial charge >= 0.3 is 5.97 Å². The molecular formula is C21H21BrN2O4. The highest BCUT2D eigenvalue weighted by Crippen LogP contribution is 2.42. The Morgan fingerprint density at radius 3 is 2.21 bits per heavy atom. The van der Waals surface area contributed by atoms with Gasteiger partial charge in [-0.05, 0) is 42.7 Å². The van der Waals surface area contributed by atoms with E-state index in [0.29, 0.717) is 18.4 Å². The number of rotatable bonds is 5. The molecule has 28 heavy (non-hydrogen) atoms. The molecule has 0 saturated heterocycles. The highest BCUT2D eigenvalue weighted by molar-refractivity contribution is 9.10. The van der Waals surface area contributed by atoms with Crippen molar-refractivity contribution in [3.05, 3.63) is 70.2 Å². The van der Waals surface area contributed by atoms with Crippen LogP contribution >= 0.6 is 15.9 Å². The Morgan fingerprint density at radius 2 is 1.57 bits per heavy atom. The van der Waals surface area contributed by atoms with Crippen LogP contribution < -0.4 is 10.9 Å². The van der Waals surface area contributed by atoms with E-state index in [2.05, 4.69) is 26.8 Å². The first kappa shape index (κ1) is 20.1. The first-order valence-corrected chi connectivity index (χ1v) is 9.88. The molecule has 1 fully saturated rings. The Labute approximate surface area is 171 Å². The van der Waals surface area contributed by atoms with E-state index in [9.17, 15) is 14.4 Å². The van der Waals surface area contributed by atoms with Crippen molar-refractivity contribution in [1.29, 1.82) is 0 Å². The Morgan fingerprint density at radius 1 is 0.929 bits per heavy atom.